The lowest BCUT2D eigenvalue weighted by Crippen LogP contribution is -2.36. The topological polar surface area (TPSA) is 64.3 Å². The van der Waals surface area contributed by atoms with Crippen molar-refractivity contribution in [2.45, 2.75) is 46.1 Å². The molecule has 1 unspecified atom stereocenters. The summed E-state index contributed by atoms with van der Waals surface area (Å²) in [6, 6.07) is 0. The summed E-state index contributed by atoms with van der Waals surface area (Å²) in [4.78, 5) is 11.3. The van der Waals surface area contributed by atoms with Crippen LogP contribution in [0.4, 0.5) is 4.79 Å². The van der Waals surface area contributed by atoms with E-state index in [-0.39, 0.29) is 6.09 Å². The van der Waals surface area contributed by atoms with Crippen molar-refractivity contribution in [3.63, 3.8) is 0 Å². The quantitative estimate of drug-likeness (QED) is 0.737. The third-order valence-corrected chi connectivity index (χ3v) is 1.96. The van der Waals surface area contributed by atoms with Crippen molar-refractivity contribution in [1.82, 2.24) is 5.32 Å². The van der Waals surface area contributed by atoms with Gasteiger partial charge in [0.2, 0.25) is 0 Å². The number of carbonyl (C=O) groups excluding carboxylic acids is 1. The maximum absolute atomic E-state index is 11.3. The van der Waals surface area contributed by atoms with Gasteiger partial charge in [0.15, 0.2) is 0 Å². The molecule has 0 saturated carbocycles. The van der Waals surface area contributed by atoms with Crippen LogP contribution in [0.5, 0.6) is 0 Å². The number of hydrogen-bond acceptors (Lipinski definition) is 3. The highest BCUT2D eigenvalue weighted by atomic mass is 16.6. The lowest BCUT2D eigenvalue weighted by Gasteiger charge is -2.21. The Morgan fingerprint density at radius 3 is 2.47 bits per heavy atom. The van der Waals surface area contributed by atoms with Crippen LogP contribution in [0, 0.1) is 5.92 Å². The summed E-state index contributed by atoms with van der Waals surface area (Å²) in [7, 11) is 0. The van der Waals surface area contributed by atoms with Crippen LogP contribution >= 0.6 is 0 Å². The molecule has 0 rings (SSSR count). The predicted octanol–water partition coefficient (Wildman–Crippen LogP) is 1.89. The van der Waals surface area contributed by atoms with Crippen LogP contribution in [0.1, 0.15) is 40.5 Å². The third-order valence-electron chi connectivity index (χ3n) is 1.96. The predicted molar refractivity (Wildman–Crippen MR) is 61.7 cm³/mol. The molecule has 0 saturated heterocycles. The van der Waals surface area contributed by atoms with Crippen LogP contribution in [0.15, 0.2) is 0 Å². The molecule has 0 aliphatic rings. The van der Waals surface area contributed by atoms with Gasteiger partial charge in [0.05, 0.1) is 0 Å². The number of nitrogens with two attached hydrogens (primary N) is 1. The number of rotatable bonds is 5. The van der Waals surface area contributed by atoms with Crippen LogP contribution in [-0.4, -0.2) is 24.8 Å². The van der Waals surface area contributed by atoms with E-state index in [1.807, 2.05) is 20.8 Å². The number of carbonyl (C=O) groups is 1. The molecule has 1 atom stereocenters. The van der Waals surface area contributed by atoms with Crippen molar-refractivity contribution in [3.05, 3.63) is 0 Å². The third kappa shape index (κ3) is 8.24. The molecule has 0 spiro atoms. The molecule has 3 N–H and O–H groups in total. The van der Waals surface area contributed by atoms with Crippen LogP contribution in [-0.2, 0) is 4.74 Å². The van der Waals surface area contributed by atoms with Crippen LogP contribution in [0.3, 0.4) is 0 Å². The highest BCUT2D eigenvalue weighted by Gasteiger charge is 2.16. The van der Waals surface area contributed by atoms with Gasteiger partial charge in [0.1, 0.15) is 5.60 Å². The molecule has 0 radical (unpaired) electrons. The molecule has 0 aromatic carbocycles. The van der Waals surface area contributed by atoms with Crippen LogP contribution in [0.25, 0.3) is 0 Å². The van der Waals surface area contributed by atoms with Crippen molar-refractivity contribution < 1.29 is 9.53 Å². The molecule has 4 heteroatoms. The Morgan fingerprint density at radius 2 is 2.07 bits per heavy atom. The van der Waals surface area contributed by atoms with E-state index in [9.17, 15) is 4.79 Å². The maximum Gasteiger partial charge on any atom is 0.407 e. The molecule has 0 aliphatic carbocycles. The van der Waals surface area contributed by atoms with E-state index in [2.05, 4.69) is 12.2 Å². The van der Waals surface area contributed by atoms with Gasteiger partial charge in [-0.2, -0.15) is 0 Å². The fourth-order valence-corrected chi connectivity index (χ4v) is 1.25. The summed E-state index contributed by atoms with van der Waals surface area (Å²) >= 11 is 0. The Labute approximate surface area is 92.6 Å². The molecule has 15 heavy (non-hydrogen) atoms. The van der Waals surface area contributed by atoms with E-state index in [1.54, 1.807) is 0 Å². The van der Waals surface area contributed by atoms with Gasteiger partial charge in [0.25, 0.3) is 0 Å². The molecule has 0 aliphatic heterocycles. The Kier molecular flexibility index (Phi) is 6.32. The SMILES string of the molecule is CCCC(CN)CNC(=O)OC(C)(C)C. The summed E-state index contributed by atoms with van der Waals surface area (Å²) in [6.45, 7) is 8.84. The second kappa shape index (κ2) is 6.67. The van der Waals surface area contributed by atoms with E-state index in [4.69, 9.17) is 10.5 Å². The minimum atomic E-state index is -0.437. The van der Waals surface area contributed by atoms with Gasteiger partial charge < -0.3 is 15.8 Å². The first kappa shape index (κ1) is 14.2. The zero-order chi connectivity index (χ0) is 11.9. The molecule has 0 aromatic heterocycles. The molecule has 1 amide bonds. The Balaban J connectivity index is 3.78. The van der Waals surface area contributed by atoms with Crippen molar-refractivity contribution in [3.8, 4) is 0 Å². The first-order valence-corrected chi connectivity index (χ1v) is 5.56. The molecular weight excluding hydrogens is 192 g/mol. The summed E-state index contributed by atoms with van der Waals surface area (Å²) in [6.07, 6.45) is 1.75. The zero-order valence-electron chi connectivity index (χ0n) is 10.3. The molecule has 90 valence electrons. The summed E-state index contributed by atoms with van der Waals surface area (Å²) < 4.78 is 5.12. The van der Waals surface area contributed by atoms with E-state index < -0.39 is 5.60 Å². The van der Waals surface area contributed by atoms with Crippen molar-refractivity contribution >= 4 is 6.09 Å². The van der Waals surface area contributed by atoms with Gasteiger partial charge in [0, 0.05) is 6.54 Å². The van der Waals surface area contributed by atoms with Gasteiger partial charge in [-0.25, -0.2) is 4.79 Å². The van der Waals surface area contributed by atoms with E-state index in [1.165, 1.54) is 0 Å². The maximum atomic E-state index is 11.3. The summed E-state index contributed by atoms with van der Waals surface area (Å²) in [5.74, 6) is 0.350. The van der Waals surface area contributed by atoms with Crippen molar-refractivity contribution in [1.29, 1.82) is 0 Å². The van der Waals surface area contributed by atoms with Crippen LogP contribution in [0.2, 0.25) is 0 Å². The van der Waals surface area contributed by atoms with Gasteiger partial charge >= 0.3 is 6.09 Å². The number of amides is 1. The van der Waals surface area contributed by atoms with E-state index in [0.717, 1.165) is 12.8 Å². The monoisotopic (exact) mass is 216 g/mol. The van der Waals surface area contributed by atoms with E-state index in [0.29, 0.717) is 19.0 Å². The molecule has 0 bridgehead atoms. The first-order chi connectivity index (χ1) is 6.89. The second-order valence-corrected chi connectivity index (χ2v) is 4.77. The average Bonchev–Trinajstić information content (AvgIpc) is 2.09. The largest absolute Gasteiger partial charge is 0.444 e. The fourth-order valence-electron chi connectivity index (χ4n) is 1.25. The van der Waals surface area contributed by atoms with Crippen molar-refractivity contribution in [2.75, 3.05) is 13.1 Å². The van der Waals surface area contributed by atoms with Crippen LogP contribution < -0.4 is 11.1 Å². The van der Waals surface area contributed by atoms with E-state index >= 15 is 0 Å². The molecule has 0 aromatic rings. The normalized spacial score (nSPS) is 13.4. The fraction of sp³-hybridized carbons (Fsp3) is 0.909. The second-order valence-electron chi connectivity index (χ2n) is 4.77. The van der Waals surface area contributed by atoms with Gasteiger partial charge in [-0.05, 0) is 39.7 Å². The standard InChI is InChI=1S/C11H24N2O2/c1-5-6-9(7-12)8-13-10(14)15-11(2,3)4/h9H,5-8,12H2,1-4H3,(H,13,14). The smallest absolute Gasteiger partial charge is 0.407 e. The molecule has 0 heterocycles. The lowest BCUT2D eigenvalue weighted by atomic mass is 10.0. The average molecular weight is 216 g/mol. The summed E-state index contributed by atoms with van der Waals surface area (Å²) in [5, 5.41) is 2.73. The van der Waals surface area contributed by atoms with Gasteiger partial charge in [-0.3, -0.25) is 0 Å². The highest BCUT2D eigenvalue weighted by molar-refractivity contribution is 5.67. The number of hydrogen-bond donors (Lipinski definition) is 2. The zero-order valence-corrected chi connectivity index (χ0v) is 10.3. The number of nitrogens with one attached hydrogen (secondary N) is 1. The summed E-state index contributed by atoms with van der Waals surface area (Å²) in [5.41, 5.74) is 5.14. The minimum Gasteiger partial charge on any atom is -0.444 e. The Bertz CT molecular complexity index is 188. The van der Waals surface area contributed by atoms with Gasteiger partial charge in [-0.1, -0.05) is 13.3 Å². The highest BCUT2D eigenvalue weighted by Crippen LogP contribution is 2.07. The Hall–Kier alpha value is -0.770. The Morgan fingerprint density at radius 1 is 1.47 bits per heavy atom. The van der Waals surface area contributed by atoms with Gasteiger partial charge in [-0.15, -0.1) is 0 Å². The number of ether oxygens (including phenoxy) is 1. The lowest BCUT2D eigenvalue weighted by molar-refractivity contribution is 0.0519. The number of alkyl carbamates (subject to hydrolysis) is 1. The molecule has 4 nitrogen and oxygen atoms in total. The molecular formula is C11H24N2O2. The first-order valence-electron chi connectivity index (χ1n) is 5.56. The minimum absolute atomic E-state index is 0.350. The van der Waals surface area contributed by atoms with Crippen molar-refractivity contribution in [2.24, 2.45) is 11.7 Å². The molecule has 0 fully saturated rings.